The van der Waals surface area contributed by atoms with Gasteiger partial charge >= 0.3 is 0 Å². The molecule has 0 aliphatic carbocycles. The van der Waals surface area contributed by atoms with Gasteiger partial charge in [0.15, 0.2) is 0 Å². The van der Waals surface area contributed by atoms with Crippen LogP contribution in [0.25, 0.3) is 0 Å². The van der Waals surface area contributed by atoms with Crippen LogP contribution in [0.5, 0.6) is 0 Å². The molecule has 2 saturated heterocycles. The van der Waals surface area contributed by atoms with Crippen molar-refractivity contribution in [3.8, 4) is 0 Å². The quantitative estimate of drug-likeness (QED) is 0.879. The highest BCUT2D eigenvalue weighted by molar-refractivity contribution is 5.18. The number of aryl methyl sites for hydroxylation is 1. The highest BCUT2D eigenvalue weighted by atomic mass is 19.1. The molecule has 1 aromatic carbocycles. The van der Waals surface area contributed by atoms with Crippen LogP contribution in [0, 0.1) is 5.82 Å². The Bertz CT molecular complexity index is 436. The monoisotopic (exact) mass is 263 g/mol. The Morgan fingerprint density at radius 1 is 1.21 bits per heavy atom. The van der Waals surface area contributed by atoms with E-state index in [2.05, 4.69) is 5.32 Å². The number of aliphatic hydroxyl groups is 1. The molecule has 2 aliphatic rings. The first-order valence-corrected chi connectivity index (χ1v) is 7.36. The normalized spacial score (nSPS) is 34.2. The van der Waals surface area contributed by atoms with Gasteiger partial charge in [-0.2, -0.15) is 0 Å². The summed E-state index contributed by atoms with van der Waals surface area (Å²) >= 11 is 0. The van der Waals surface area contributed by atoms with Crippen molar-refractivity contribution in [3.63, 3.8) is 0 Å². The minimum absolute atomic E-state index is 0.153. The summed E-state index contributed by atoms with van der Waals surface area (Å²) in [6.45, 7) is 0. The molecule has 2 aliphatic heterocycles. The Morgan fingerprint density at radius 3 is 2.58 bits per heavy atom. The van der Waals surface area contributed by atoms with E-state index >= 15 is 0 Å². The van der Waals surface area contributed by atoms with E-state index < -0.39 is 5.60 Å². The lowest BCUT2D eigenvalue weighted by Gasteiger charge is -2.45. The van der Waals surface area contributed by atoms with Gasteiger partial charge in [-0.3, -0.25) is 0 Å². The minimum Gasteiger partial charge on any atom is -0.390 e. The van der Waals surface area contributed by atoms with Gasteiger partial charge < -0.3 is 10.4 Å². The van der Waals surface area contributed by atoms with E-state index in [4.69, 9.17) is 0 Å². The Morgan fingerprint density at radius 2 is 1.89 bits per heavy atom. The van der Waals surface area contributed by atoms with Crippen molar-refractivity contribution in [1.29, 1.82) is 0 Å². The maximum absolute atomic E-state index is 13.6. The third-order valence-corrected chi connectivity index (χ3v) is 4.65. The SMILES string of the molecule is OC1(CCc2ccccc2F)CC2CCCC(C1)N2. The summed E-state index contributed by atoms with van der Waals surface area (Å²) < 4.78 is 13.6. The van der Waals surface area contributed by atoms with Gasteiger partial charge in [0.1, 0.15) is 5.82 Å². The number of rotatable bonds is 3. The second-order valence-electron chi connectivity index (χ2n) is 6.22. The van der Waals surface area contributed by atoms with Crippen molar-refractivity contribution in [1.82, 2.24) is 5.32 Å². The van der Waals surface area contributed by atoms with Gasteiger partial charge in [-0.15, -0.1) is 0 Å². The van der Waals surface area contributed by atoms with Gasteiger partial charge in [-0.1, -0.05) is 24.6 Å². The van der Waals surface area contributed by atoms with Crippen LogP contribution in [0.3, 0.4) is 0 Å². The van der Waals surface area contributed by atoms with E-state index in [1.165, 1.54) is 25.3 Å². The van der Waals surface area contributed by atoms with E-state index in [0.717, 1.165) is 18.4 Å². The summed E-state index contributed by atoms with van der Waals surface area (Å²) in [5, 5.41) is 14.4. The molecule has 2 fully saturated rings. The van der Waals surface area contributed by atoms with Crippen LogP contribution in [0.4, 0.5) is 4.39 Å². The first-order chi connectivity index (χ1) is 9.15. The first-order valence-electron chi connectivity index (χ1n) is 7.36. The van der Waals surface area contributed by atoms with Gasteiger partial charge in [-0.25, -0.2) is 4.39 Å². The molecule has 19 heavy (non-hydrogen) atoms. The summed E-state index contributed by atoms with van der Waals surface area (Å²) in [5.74, 6) is -0.153. The van der Waals surface area contributed by atoms with Crippen molar-refractivity contribution in [2.24, 2.45) is 0 Å². The number of benzene rings is 1. The highest BCUT2D eigenvalue weighted by Crippen LogP contribution is 2.35. The van der Waals surface area contributed by atoms with E-state index in [9.17, 15) is 9.50 Å². The number of halogens is 1. The van der Waals surface area contributed by atoms with Crippen molar-refractivity contribution in [2.75, 3.05) is 0 Å². The molecule has 2 nitrogen and oxygen atoms in total. The average molecular weight is 263 g/mol. The largest absolute Gasteiger partial charge is 0.390 e. The molecule has 0 radical (unpaired) electrons. The second-order valence-corrected chi connectivity index (χ2v) is 6.22. The van der Waals surface area contributed by atoms with Gasteiger partial charge in [-0.05, 0) is 50.2 Å². The molecule has 3 heteroatoms. The fourth-order valence-electron chi connectivity index (χ4n) is 3.71. The molecule has 1 aromatic rings. The molecule has 104 valence electrons. The van der Waals surface area contributed by atoms with Crippen molar-refractivity contribution >= 4 is 0 Å². The Labute approximate surface area is 114 Å². The minimum atomic E-state index is -0.608. The van der Waals surface area contributed by atoms with Crippen LogP contribution in [0.15, 0.2) is 24.3 Å². The van der Waals surface area contributed by atoms with Gasteiger partial charge in [0, 0.05) is 12.1 Å². The van der Waals surface area contributed by atoms with Crippen LogP contribution in [0.2, 0.25) is 0 Å². The molecule has 2 bridgehead atoms. The summed E-state index contributed by atoms with van der Waals surface area (Å²) in [4.78, 5) is 0. The second kappa shape index (κ2) is 5.22. The lowest BCUT2D eigenvalue weighted by Crippen LogP contribution is -2.55. The predicted octanol–water partition coefficient (Wildman–Crippen LogP) is 2.79. The lowest BCUT2D eigenvalue weighted by molar-refractivity contribution is -0.0369. The zero-order chi connectivity index (χ0) is 13.3. The fraction of sp³-hybridized carbons (Fsp3) is 0.625. The number of fused-ring (bicyclic) bond motifs is 2. The Hall–Kier alpha value is -0.930. The third kappa shape index (κ3) is 2.98. The molecule has 0 saturated carbocycles. The molecule has 2 heterocycles. The third-order valence-electron chi connectivity index (χ3n) is 4.65. The molecule has 2 atom stereocenters. The first kappa shape index (κ1) is 13.1. The Kier molecular flexibility index (Phi) is 3.59. The standard InChI is InChI=1S/C16H22FNO/c17-15-7-2-1-4-12(15)8-9-16(19)10-13-5-3-6-14(11-16)18-13/h1-2,4,7,13-14,18-19H,3,5-6,8-11H2. The van der Waals surface area contributed by atoms with Crippen LogP contribution < -0.4 is 5.32 Å². The topological polar surface area (TPSA) is 32.3 Å². The van der Waals surface area contributed by atoms with Crippen molar-refractivity contribution in [2.45, 2.75) is 62.6 Å². The maximum Gasteiger partial charge on any atom is 0.126 e. The molecule has 2 N–H and O–H groups in total. The smallest absolute Gasteiger partial charge is 0.126 e. The maximum atomic E-state index is 13.6. The summed E-state index contributed by atoms with van der Waals surface area (Å²) in [6, 6.07) is 7.80. The van der Waals surface area contributed by atoms with Gasteiger partial charge in [0.05, 0.1) is 5.60 Å². The molecule has 0 amide bonds. The average Bonchev–Trinajstić information content (AvgIpc) is 2.37. The number of nitrogens with one attached hydrogen (secondary N) is 1. The molecule has 0 spiro atoms. The summed E-state index contributed by atoms with van der Waals surface area (Å²) in [5.41, 5.74) is 0.114. The fourth-order valence-corrected chi connectivity index (χ4v) is 3.71. The van der Waals surface area contributed by atoms with Crippen LogP contribution in [-0.4, -0.2) is 22.8 Å². The van der Waals surface area contributed by atoms with E-state index in [1.807, 2.05) is 12.1 Å². The van der Waals surface area contributed by atoms with E-state index in [-0.39, 0.29) is 5.82 Å². The zero-order valence-electron chi connectivity index (χ0n) is 11.2. The molecule has 0 aromatic heterocycles. The highest BCUT2D eigenvalue weighted by Gasteiger charge is 2.40. The summed E-state index contributed by atoms with van der Waals surface area (Å²) in [7, 11) is 0. The number of piperidine rings is 2. The number of hydrogen-bond acceptors (Lipinski definition) is 2. The molecule has 2 unspecified atom stereocenters. The van der Waals surface area contributed by atoms with E-state index in [1.54, 1.807) is 6.07 Å². The van der Waals surface area contributed by atoms with Crippen LogP contribution in [0.1, 0.15) is 44.1 Å². The van der Waals surface area contributed by atoms with Crippen molar-refractivity contribution in [3.05, 3.63) is 35.6 Å². The van der Waals surface area contributed by atoms with Crippen molar-refractivity contribution < 1.29 is 9.50 Å². The predicted molar refractivity (Wildman–Crippen MR) is 73.5 cm³/mol. The zero-order valence-corrected chi connectivity index (χ0v) is 11.2. The van der Waals surface area contributed by atoms with Gasteiger partial charge in [0.25, 0.3) is 0 Å². The Balaban J connectivity index is 1.64. The number of hydrogen-bond donors (Lipinski definition) is 2. The van der Waals surface area contributed by atoms with Crippen LogP contribution >= 0.6 is 0 Å². The summed E-state index contributed by atoms with van der Waals surface area (Å²) in [6.07, 6.45) is 6.53. The molecular formula is C16H22FNO. The molecule has 3 rings (SSSR count). The van der Waals surface area contributed by atoms with E-state index in [0.29, 0.717) is 24.9 Å². The van der Waals surface area contributed by atoms with Crippen LogP contribution in [-0.2, 0) is 6.42 Å². The van der Waals surface area contributed by atoms with Gasteiger partial charge in [0.2, 0.25) is 0 Å². The molecular weight excluding hydrogens is 241 g/mol. The lowest BCUT2D eigenvalue weighted by atomic mass is 9.75.